The third kappa shape index (κ3) is 3.11. The molecule has 2 rings (SSSR count). The Morgan fingerprint density at radius 2 is 1.88 bits per heavy atom. The van der Waals surface area contributed by atoms with E-state index >= 15 is 0 Å². The van der Waals surface area contributed by atoms with E-state index in [-0.39, 0.29) is 0 Å². The zero-order chi connectivity index (χ0) is 11.2. The molecule has 1 aromatic carbocycles. The van der Waals surface area contributed by atoms with Crippen LogP contribution in [0.1, 0.15) is 18.1 Å². The van der Waals surface area contributed by atoms with E-state index in [9.17, 15) is 0 Å². The van der Waals surface area contributed by atoms with Crippen LogP contribution >= 0.6 is 11.3 Å². The second-order valence-corrected chi connectivity index (χ2v) is 4.64. The third-order valence-electron chi connectivity index (χ3n) is 2.69. The minimum Gasteiger partial charge on any atom is -0.385 e. The molecule has 1 N–H and O–H groups in total. The first-order chi connectivity index (χ1) is 7.88. The number of rotatable bonds is 5. The maximum Gasteiger partial charge on any atom is 0.0340 e. The lowest BCUT2D eigenvalue weighted by atomic mass is 10.1. The van der Waals surface area contributed by atoms with Crippen molar-refractivity contribution in [2.45, 2.75) is 19.8 Å². The zero-order valence-electron chi connectivity index (χ0n) is 9.57. The monoisotopic (exact) mass is 231 g/mol. The maximum atomic E-state index is 3.44. The maximum absolute atomic E-state index is 3.44. The molecule has 0 aliphatic heterocycles. The number of nitrogens with one attached hydrogen (secondary N) is 1. The van der Waals surface area contributed by atoms with E-state index in [1.165, 1.54) is 16.8 Å². The summed E-state index contributed by atoms with van der Waals surface area (Å²) < 4.78 is 0. The van der Waals surface area contributed by atoms with Crippen molar-refractivity contribution in [3.8, 4) is 0 Å². The van der Waals surface area contributed by atoms with Crippen LogP contribution in [0.3, 0.4) is 0 Å². The van der Waals surface area contributed by atoms with Gasteiger partial charge in [-0.25, -0.2) is 0 Å². The van der Waals surface area contributed by atoms with Gasteiger partial charge in [0.25, 0.3) is 0 Å². The van der Waals surface area contributed by atoms with Crippen LogP contribution in [0, 0.1) is 0 Å². The summed E-state index contributed by atoms with van der Waals surface area (Å²) in [6, 6.07) is 10.9. The molecule has 0 bridgehead atoms. The summed E-state index contributed by atoms with van der Waals surface area (Å²) in [6.45, 7) is 3.18. The van der Waals surface area contributed by atoms with Crippen molar-refractivity contribution in [1.82, 2.24) is 0 Å². The average molecular weight is 231 g/mol. The van der Waals surface area contributed by atoms with Crippen molar-refractivity contribution in [3.05, 3.63) is 52.2 Å². The van der Waals surface area contributed by atoms with Gasteiger partial charge < -0.3 is 5.32 Å². The van der Waals surface area contributed by atoms with Gasteiger partial charge in [-0.2, -0.15) is 11.3 Å². The summed E-state index contributed by atoms with van der Waals surface area (Å²) in [5.41, 5.74) is 4.03. The largest absolute Gasteiger partial charge is 0.385 e. The molecule has 0 unspecified atom stereocenters. The van der Waals surface area contributed by atoms with E-state index in [4.69, 9.17) is 0 Å². The summed E-state index contributed by atoms with van der Waals surface area (Å²) in [4.78, 5) is 0. The van der Waals surface area contributed by atoms with Crippen molar-refractivity contribution in [1.29, 1.82) is 0 Å². The van der Waals surface area contributed by atoms with Gasteiger partial charge in [0.1, 0.15) is 0 Å². The van der Waals surface area contributed by atoms with Gasteiger partial charge in [-0.15, -0.1) is 0 Å². The molecular formula is C14H17NS. The van der Waals surface area contributed by atoms with Gasteiger partial charge in [-0.05, 0) is 52.9 Å². The van der Waals surface area contributed by atoms with E-state index in [1.807, 2.05) is 0 Å². The lowest BCUT2D eigenvalue weighted by molar-refractivity contribution is 1.03. The minimum atomic E-state index is 1.00. The van der Waals surface area contributed by atoms with E-state index in [2.05, 4.69) is 53.3 Å². The highest BCUT2D eigenvalue weighted by molar-refractivity contribution is 7.07. The van der Waals surface area contributed by atoms with Gasteiger partial charge in [0.2, 0.25) is 0 Å². The quantitative estimate of drug-likeness (QED) is 0.821. The first-order valence-corrected chi connectivity index (χ1v) is 6.66. The Bertz CT molecular complexity index is 403. The Kier molecular flexibility index (Phi) is 4.00. The third-order valence-corrected chi connectivity index (χ3v) is 3.42. The summed E-state index contributed by atoms with van der Waals surface area (Å²) in [6.07, 6.45) is 2.20. The average Bonchev–Trinajstić information content (AvgIpc) is 2.83. The lowest BCUT2D eigenvalue weighted by Crippen LogP contribution is -2.03. The highest BCUT2D eigenvalue weighted by atomic mass is 32.1. The summed E-state index contributed by atoms with van der Waals surface area (Å²) in [5, 5.41) is 7.78. The predicted molar refractivity (Wildman–Crippen MR) is 72.3 cm³/mol. The highest BCUT2D eigenvalue weighted by Gasteiger charge is 1.94. The fraction of sp³-hybridized carbons (Fsp3) is 0.286. The minimum absolute atomic E-state index is 1.00. The topological polar surface area (TPSA) is 12.0 Å². The van der Waals surface area contributed by atoms with E-state index < -0.39 is 0 Å². The van der Waals surface area contributed by atoms with Crippen LogP contribution in [0.25, 0.3) is 0 Å². The Morgan fingerprint density at radius 1 is 1.06 bits per heavy atom. The molecule has 2 aromatic rings. The van der Waals surface area contributed by atoms with E-state index in [1.54, 1.807) is 11.3 Å². The molecule has 0 atom stereocenters. The molecule has 0 amide bonds. The Hall–Kier alpha value is -1.28. The molecule has 1 heterocycles. The lowest BCUT2D eigenvalue weighted by Gasteiger charge is -2.06. The van der Waals surface area contributed by atoms with Gasteiger partial charge in [0.15, 0.2) is 0 Å². The van der Waals surface area contributed by atoms with Crippen LogP contribution < -0.4 is 5.32 Å². The molecule has 2 heteroatoms. The smallest absolute Gasteiger partial charge is 0.0340 e. The van der Waals surface area contributed by atoms with Crippen LogP contribution in [0.5, 0.6) is 0 Å². The number of benzene rings is 1. The van der Waals surface area contributed by atoms with Crippen LogP contribution in [-0.4, -0.2) is 6.54 Å². The predicted octanol–water partition coefficient (Wildman–Crippen LogP) is 3.97. The molecule has 0 aliphatic rings. The SMILES string of the molecule is CCc1ccc(NCCc2ccsc2)cc1. The Balaban J connectivity index is 1.81. The van der Waals surface area contributed by atoms with Crippen molar-refractivity contribution in [3.63, 3.8) is 0 Å². The van der Waals surface area contributed by atoms with Crippen LogP contribution in [-0.2, 0) is 12.8 Å². The molecule has 1 nitrogen and oxygen atoms in total. The molecular weight excluding hydrogens is 214 g/mol. The van der Waals surface area contributed by atoms with Gasteiger partial charge in [0.05, 0.1) is 0 Å². The van der Waals surface area contributed by atoms with Crippen LogP contribution in [0.15, 0.2) is 41.1 Å². The van der Waals surface area contributed by atoms with Crippen LogP contribution in [0.2, 0.25) is 0 Å². The summed E-state index contributed by atoms with van der Waals surface area (Å²) in [7, 11) is 0. The fourth-order valence-electron chi connectivity index (χ4n) is 1.64. The standard InChI is InChI=1S/C14H17NS/c1-2-12-3-5-14(6-4-12)15-9-7-13-8-10-16-11-13/h3-6,8,10-11,15H,2,7,9H2,1H3. The van der Waals surface area contributed by atoms with Gasteiger partial charge in [-0.1, -0.05) is 19.1 Å². The van der Waals surface area contributed by atoms with Gasteiger partial charge in [-0.3, -0.25) is 0 Å². The molecule has 0 fully saturated rings. The molecule has 84 valence electrons. The number of hydrogen-bond donors (Lipinski definition) is 1. The number of anilines is 1. The second-order valence-electron chi connectivity index (χ2n) is 3.86. The number of thiophene rings is 1. The van der Waals surface area contributed by atoms with Crippen molar-refractivity contribution < 1.29 is 0 Å². The number of aryl methyl sites for hydroxylation is 1. The Labute approximate surface area is 101 Å². The van der Waals surface area contributed by atoms with E-state index in [0.717, 1.165) is 19.4 Å². The Morgan fingerprint density at radius 3 is 2.50 bits per heavy atom. The zero-order valence-corrected chi connectivity index (χ0v) is 10.4. The molecule has 1 aromatic heterocycles. The van der Waals surface area contributed by atoms with E-state index in [0.29, 0.717) is 0 Å². The van der Waals surface area contributed by atoms with Crippen molar-refractivity contribution in [2.75, 3.05) is 11.9 Å². The molecule has 0 aliphatic carbocycles. The molecule has 0 spiro atoms. The normalized spacial score (nSPS) is 10.3. The first kappa shape index (κ1) is 11.2. The molecule has 0 saturated carbocycles. The van der Waals surface area contributed by atoms with Gasteiger partial charge in [0, 0.05) is 12.2 Å². The fourth-order valence-corrected chi connectivity index (χ4v) is 2.35. The first-order valence-electron chi connectivity index (χ1n) is 5.72. The molecule has 16 heavy (non-hydrogen) atoms. The highest BCUT2D eigenvalue weighted by Crippen LogP contribution is 2.11. The molecule has 0 saturated heterocycles. The van der Waals surface area contributed by atoms with Crippen molar-refractivity contribution >= 4 is 17.0 Å². The summed E-state index contributed by atoms with van der Waals surface area (Å²) >= 11 is 1.76. The van der Waals surface area contributed by atoms with Gasteiger partial charge >= 0.3 is 0 Å². The van der Waals surface area contributed by atoms with Crippen molar-refractivity contribution in [2.24, 2.45) is 0 Å². The summed E-state index contributed by atoms with van der Waals surface area (Å²) in [5.74, 6) is 0. The molecule has 0 radical (unpaired) electrons. The second kappa shape index (κ2) is 5.71. The van der Waals surface area contributed by atoms with Crippen LogP contribution in [0.4, 0.5) is 5.69 Å². The number of hydrogen-bond acceptors (Lipinski definition) is 2.